The average Bonchev–Trinajstić information content (AvgIpc) is 3.20. The van der Waals surface area contributed by atoms with Crippen LogP contribution in [-0.4, -0.2) is 15.8 Å². The lowest BCUT2D eigenvalue weighted by molar-refractivity contribution is 0.0714. The molecule has 0 spiro atoms. The molecule has 2 aromatic heterocycles. The first-order valence-corrected chi connectivity index (χ1v) is 11.7. The van der Waals surface area contributed by atoms with Crippen LogP contribution in [0.1, 0.15) is 38.9 Å². The van der Waals surface area contributed by atoms with Crippen LogP contribution in [0.4, 0.5) is 0 Å². The molecule has 1 atom stereocenters. The summed E-state index contributed by atoms with van der Waals surface area (Å²) in [6.45, 7) is 0.747. The Kier molecular flexibility index (Phi) is 5.54. The van der Waals surface area contributed by atoms with Crippen LogP contribution in [0.3, 0.4) is 0 Å². The van der Waals surface area contributed by atoms with E-state index in [9.17, 15) is 9.59 Å². The normalized spacial score (nSPS) is 14.7. The highest BCUT2D eigenvalue weighted by Gasteiger charge is 2.42. The number of hydrogen-bond acceptors (Lipinski definition) is 5. The number of nitrogens with zero attached hydrogens (tertiary/aromatic N) is 2. The average molecular weight is 475 g/mol. The number of amides is 1. The maximum Gasteiger partial charge on any atom is 0.291 e. The van der Waals surface area contributed by atoms with Gasteiger partial charge in [-0.1, -0.05) is 60.7 Å². The fraction of sp³-hybridized carbons (Fsp3) is 0.100. The van der Waals surface area contributed by atoms with Crippen molar-refractivity contribution in [2.75, 3.05) is 0 Å². The van der Waals surface area contributed by atoms with E-state index < -0.39 is 6.04 Å². The predicted molar refractivity (Wildman–Crippen MR) is 136 cm³/mol. The summed E-state index contributed by atoms with van der Waals surface area (Å²) in [7, 11) is 0. The number of benzene rings is 3. The fourth-order valence-corrected chi connectivity index (χ4v) is 4.65. The molecule has 0 radical (unpaired) electrons. The van der Waals surface area contributed by atoms with Crippen LogP contribution in [-0.2, 0) is 13.2 Å². The van der Waals surface area contributed by atoms with Crippen LogP contribution >= 0.6 is 0 Å². The van der Waals surface area contributed by atoms with Gasteiger partial charge in [0.25, 0.3) is 5.91 Å². The van der Waals surface area contributed by atoms with E-state index in [2.05, 4.69) is 4.98 Å². The molecular weight excluding hydrogens is 452 g/mol. The second-order valence-electron chi connectivity index (χ2n) is 8.71. The minimum Gasteiger partial charge on any atom is -0.489 e. The van der Waals surface area contributed by atoms with Gasteiger partial charge in [-0.25, -0.2) is 0 Å². The van der Waals surface area contributed by atoms with Crippen molar-refractivity contribution in [2.24, 2.45) is 0 Å². The van der Waals surface area contributed by atoms with Crippen LogP contribution in [0.2, 0.25) is 0 Å². The SMILES string of the molecule is O=C1c2oc3ccccc3c(=O)c2[C@@H](c2ccc(OCc3ccccc3)cc2)N1Cc1cccnc1. The molecule has 6 rings (SSSR count). The summed E-state index contributed by atoms with van der Waals surface area (Å²) >= 11 is 0. The minimum absolute atomic E-state index is 0.0944. The van der Waals surface area contributed by atoms with E-state index in [1.807, 2.05) is 66.7 Å². The third-order valence-corrected chi connectivity index (χ3v) is 6.39. The molecule has 0 saturated carbocycles. The van der Waals surface area contributed by atoms with Crippen molar-refractivity contribution in [3.63, 3.8) is 0 Å². The number of carbonyl (C=O) groups is 1. The molecule has 6 heteroatoms. The van der Waals surface area contributed by atoms with E-state index >= 15 is 0 Å². The quantitative estimate of drug-likeness (QED) is 0.324. The number of carbonyl (C=O) groups excluding carboxylic acids is 1. The Labute approximate surface area is 207 Å². The molecule has 176 valence electrons. The number of para-hydroxylation sites is 1. The molecule has 0 N–H and O–H groups in total. The van der Waals surface area contributed by atoms with Crippen molar-refractivity contribution >= 4 is 16.9 Å². The lowest BCUT2D eigenvalue weighted by Gasteiger charge is -2.25. The molecule has 3 aromatic carbocycles. The van der Waals surface area contributed by atoms with Crippen LogP contribution < -0.4 is 10.2 Å². The Morgan fingerprint density at radius 2 is 1.58 bits per heavy atom. The summed E-state index contributed by atoms with van der Waals surface area (Å²) in [6, 6.07) is 27.6. The molecule has 1 aliphatic heterocycles. The van der Waals surface area contributed by atoms with Crippen molar-refractivity contribution in [1.29, 1.82) is 0 Å². The molecule has 6 nitrogen and oxygen atoms in total. The van der Waals surface area contributed by atoms with E-state index in [-0.39, 0.29) is 17.1 Å². The van der Waals surface area contributed by atoms with Crippen molar-refractivity contribution < 1.29 is 13.9 Å². The molecule has 0 bridgehead atoms. The zero-order chi connectivity index (χ0) is 24.5. The van der Waals surface area contributed by atoms with E-state index in [1.165, 1.54) is 0 Å². The van der Waals surface area contributed by atoms with Crippen molar-refractivity contribution in [3.05, 3.63) is 142 Å². The van der Waals surface area contributed by atoms with Gasteiger partial charge in [0.1, 0.15) is 17.9 Å². The molecule has 1 aliphatic rings. The standard InChI is InChI=1S/C30H22N2O4/c33-28-24-10-4-5-11-25(24)36-29-26(28)27(32(30(29)34)18-21-9-6-16-31-17-21)22-12-14-23(15-13-22)35-19-20-7-2-1-3-8-20/h1-17,27H,18-19H2/t27-/m1/s1. The highest BCUT2D eigenvalue weighted by molar-refractivity contribution is 5.99. The van der Waals surface area contributed by atoms with Crippen molar-refractivity contribution in [1.82, 2.24) is 9.88 Å². The second kappa shape index (κ2) is 9.15. The molecule has 5 aromatic rings. The summed E-state index contributed by atoms with van der Waals surface area (Å²) in [4.78, 5) is 33.0. The first-order chi connectivity index (χ1) is 17.7. The number of hydrogen-bond donors (Lipinski definition) is 0. The van der Waals surface area contributed by atoms with Gasteiger partial charge in [0.2, 0.25) is 5.76 Å². The van der Waals surface area contributed by atoms with Crippen LogP contribution in [0.5, 0.6) is 5.75 Å². The fourth-order valence-electron chi connectivity index (χ4n) is 4.65. The third-order valence-electron chi connectivity index (χ3n) is 6.39. The minimum atomic E-state index is -0.586. The van der Waals surface area contributed by atoms with E-state index in [0.717, 1.165) is 16.7 Å². The number of aromatic nitrogens is 1. The molecule has 0 unspecified atom stereocenters. The Bertz CT molecular complexity index is 1600. The van der Waals surface area contributed by atoms with Crippen LogP contribution in [0, 0.1) is 0 Å². The summed E-state index contributed by atoms with van der Waals surface area (Å²) in [6.07, 6.45) is 3.41. The highest BCUT2D eigenvalue weighted by Crippen LogP contribution is 2.39. The first-order valence-electron chi connectivity index (χ1n) is 11.7. The zero-order valence-corrected chi connectivity index (χ0v) is 19.3. The van der Waals surface area contributed by atoms with Crippen LogP contribution in [0.15, 0.2) is 113 Å². The molecule has 0 saturated heterocycles. The van der Waals surface area contributed by atoms with Gasteiger partial charge in [0, 0.05) is 18.9 Å². The Morgan fingerprint density at radius 3 is 2.36 bits per heavy atom. The van der Waals surface area contributed by atoms with Gasteiger partial charge < -0.3 is 14.1 Å². The molecule has 0 fully saturated rings. The molecular formula is C30H22N2O4. The van der Waals surface area contributed by atoms with E-state index in [4.69, 9.17) is 9.15 Å². The monoisotopic (exact) mass is 474 g/mol. The Balaban J connectivity index is 1.39. The number of rotatable bonds is 6. The maximum absolute atomic E-state index is 13.6. The number of ether oxygens (including phenoxy) is 1. The topological polar surface area (TPSA) is 72.6 Å². The van der Waals surface area contributed by atoms with Crippen LogP contribution in [0.25, 0.3) is 11.0 Å². The summed E-state index contributed by atoms with van der Waals surface area (Å²) in [5.74, 6) is 0.486. The van der Waals surface area contributed by atoms with Gasteiger partial charge in [-0.15, -0.1) is 0 Å². The lowest BCUT2D eigenvalue weighted by atomic mass is 9.98. The van der Waals surface area contributed by atoms with Crippen molar-refractivity contribution in [2.45, 2.75) is 19.2 Å². The second-order valence-corrected chi connectivity index (χ2v) is 8.71. The molecule has 0 aliphatic carbocycles. The summed E-state index contributed by atoms with van der Waals surface area (Å²) < 4.78 is 11.9. The van der Waals surface area contributed by atoms with Gasteiger partial charge in [0.05, 0.1) is 17.0 Å². The lowest BCUT2D eigenvalue weighted by Crippen LogP contribution is -2.29. The smallest absolute Gasteiger partial charge is 0.291 e. The summed E-state index contributed by atoms with van der Waals surface area (Å²) in [5, 5.41) is 0.458. The molecule has 36 heavy (non-hydrogen) atoms. The zero-order valence-electron chi connectivity index (χ0n) is 19.3. The Hall–Kier alpha value is -4.71. The summed E-state index contributed by atoms with van der Waals surface area (Å²) in [5.41, 5.74) is 3.32. The van der Waals surface area contributed by atoms with Gasteiger partial charge >= 0.3 is 0 Å². The van der Waals surface area contributed by atoms with Gasteiger partial charge in [-0.3, -0.25) is 14.6 Å². The first kappa shape index (κ1) is 21.8. The third kappa shape index (κ3) is 3.92. The number of pyridine rings is 1. The maximum atomic E-state index is 13.6. The van der Waals surface area contributed by atoms with Gasteiger partial charge in [-0.05, 0) is 47.0 Å². The van der Waals surface area contributed by atoms with E-state index in [0.29, 0.717) is 35.4 Å². The Morgan fingerprint density at radius 1 is 0.833 bits per heavy atom. The number of fused-ring (bicyclic) bond motifs is 2. The van der Waals surface area contributed by atoms with Gasteiger partial charge in [0.15, 0.2) is 5.43 Å². The largest absolute Gasteiger partial charge is 0.489 e. The van der Waals surface area contributed by atoms with Gasteiger partial charge in [-0.2, -0.15) is 0 Å². The molecule has 1 amide bonds. The van der Waals surface area contributed by atoms with Crippen molar-refractivity contribution in [3.8, 4) is 5.75 Å². The van der Waals surface area contributed by atoms with E-state index in [1.54, 1.807) is 41.6 Å². The molecule has 3 heterocycles. The highest BCUT2D eigenvalue weighted by atomic mass is 16.5. The predicted octanol–water partition coefficient (Wildman–Crippen LogP) is 5.51.